The van der Waals surface area contributed by atoms with E-state index in [9.17, 15) is 9.90 Å². The van der Waals surface area contributed by atoms with Crippen LogP contribution in [0.1, 0.15) is 24.8 Å². The van der Waals surface area contributed by atoms with E-state index in [1.165, 1.54) is 11.1 Å². The predicted molar refractivity (Wildman–Crippen MR) is 112 cm³/mol. The Kier molecular flexibility index (Phi) is 5.51. The molecule has 0 radical (unpaired) electrons. The van der Waals surface area contributed by atoms with E-state index < -0.39 is 0 Å². The van der Waals surface area contributed by atoms with Gasteiger partial charge in [-0.2, -0.15) is 0 Å². The zero-order valence-corrected chi connectivity index (χ0v) is 16.7. The Morgan fingerprint density at radius 3 is 2.50 bits per heavy atom. The number of nitrogens with zero attached hydrogens (tertiary/aromatic N) is 2. The van der Waals surface area contributed by atoms with Gasteiger partial charge in [0.2, 0.25) is 5.91 Å². The molecule has 1 spiro atoms. The molecule has 2 saturated heterocycles. The summed E-state index contributed by atoms with van der Waals surface area (Å²) in [5.41, 5.74) is 3.25. The lowest BCUT2D eigenvalue weighted by atomic mass is 9.71. The second-order valence-corrected chi connectivity index (χ2v) is 8.56. The molecule has 2 aliphatic rings. The fraction of sp³-hybridized carbons (Fsp3) is 0.458. The fourth-order valence-electron chi connectivity index (χ4n) is 4.88. The first-order valence-corrected chi connectivity index (χ1v) is 10.3. The Balaban J connectivity index is 1.42. The van der Waals surface area contributed by atoms with Gasteiger partial charge in [-0.1, -0.05) is 54.6 Å². The van der Waals surface area contributed by atoms with Crippen molar-refractivity contribution in [1.29, 1.82) is 0 Å². The molecule has 4 heteroatoms. The molecular formula is C24H30N2O2. The average molecular weight is 379 g/mol. The van der Waals surface area contributed by atoms with Crippen LogP contribution in [0.5, 0.6) is 0 Å². The third-order valence-corrected chi connectivity index (χ3v) is 6.45. The zero-order chi connectivity index (χ0) is 19.6. The summed E-state index contributed by atoms with van der Waals surface area (Å²) in [6.45, 7) is 3.30. The van der Waals surface area contributed by atoms with Crippen molar-refractivity contribution in [3.8, 4) is 11.1 Å². The van der Waals surface area contributed by atoms with Crippen LogP contribution in [0, 0.1) is 5.41 Å². The second kappa shape index (κ2) is 8.06. The number of hydrogen-bond acceptors (Lipinski definition) is 3. The molecule has 2 aromatic rings. The van der Waals surface area contributed by atoms with Crippen molar-refractivity contribution in [1.82, 2.24) is 9.80 Å². The van der Waals surface area contributed by atoms with Gasteiger partial charge in [0.1, 0.15) is 0 Å². The smallest absolute Gasteiger partial charge is 0.227 e. The van der Waals surface area contributed by atoms with Crippen LogP contribution >= 0.6 is 0 Å². The molecule has 148 valence electrons. The van der Waals surface area contributed by atoms with Crippen LogP contribution in [0.2, 0.25) is 0 Å². The molecule has 2 heterocycles. The third kappa shape index (κ3) is 3.98. The minimum atomic E-state index is -0.301. The van der Waals surface area contributed by atoms with Gasteiger partial charge in [0, 0.05) is 31.6 Å². The number of rotatable bonds is 3. The number of likely N-dealkylation sites (tertiary alicyclic amines) is 2. The lowest BCUT2D eigenvalue weighted by molar-refractivity contribution is -0.140. The van der Waals surface area contributed by atoms with Crippen LogP contribution in [0.25, 0.3) is 11.1 Å². The molecule has 0 saturated carbocycles. The Labute approximate surface area is 167 Å². The van der Waals surface area contributed by atoms with E-state index in [4.69, 9.17) is 0 Å². The first-order valence-electron chi connectivity index (χ1n) is 10.3. The summed E-state index contributed by atoms with van der Waals surface area (Å²) in [5, 5.41) is 10.7. The molecule has 4 rings (SSSR count). The van der Waals surface area contributed by atoms with E-state index in [-0.39, 0.29) is 17.4 Å². The normalized spacial score (nSPS) is 25.8. The highest BCUT2D eigenvalue weighted by Gasteiger charge is 2.45. The van der Waals surface area contributed by atoms with Crippen molar-refractivity contribution in [2.24, 2.45) is 5.41 Å². The lowest BCUT2D eigenvalue weighted by Crippen LogP contribution is -2.59. The Hall–Kier alpha value is -2.17. The van der Waals surface area contributed by atoms with Gasteiger partial charge in [0.05, 0.1) is 12.5 Å². The average Bonchev–Trinajstić information content (AvgIpc) is 2.72. The monoisotopic (exact) mass is 378 g/mol. The number of carbonyl (C=O) groups is 1. The highest BCUT2D eigenvalue weighted by molar-refractivity contribution is 5.79. The maximum atomic E-state index is 13.0. The first-order chi connectivity index (χ1) is 13.6. The molecule has 0 unspecified atom stereocenters. The van der Waals surface area contributed by atoms with Crippen LogP contribution < -0.4 is 0 Å². The summed E-state index contributed by atoms with van der Waals surface area (Å²) in [5.74, 6) is 0.173. The molecule has 1 amide bonds. The molecule has 2 aromatic carbocycles. The van der Waals surface area contributed by atoms with Crippen molar-refractivity contribution in [2.45, 2.75) is 31.8 Å². The van der Waals surface area contributed by atoms with Gasteiger partial charge in [-0.05, 0) is 43.0 Å². The van der Waals surface area contributed by atoms with E-state index in [0.29, 0.717) is 13.0 Å². The molecule has 0 aliphatic carbocycles. The topological polar surface area (TPSA) is 43.8 Å². The maximum Gasteiger partial charge on any atom is 0.227 e. The molecule has 1 N–H and O–H groups in total. The number of carbonyl (C=O) groups excluding carboxylic acids is 1. The van der Waals surface area contributed by atoms with Crippen molar-refractivity contribution in [2.75, 3.05) is 33.2 Å². The Morgan fingerprint density at radius 2 is 1.75 bits per heavy atom. The summed E-state index contributed by atoms with van der Waals surface area (Å²) >= 11 is 0. The number of piperidine rings is 2. The molecule has 4 nitrogen and oxygen atoms in total. The Morgan fingerprint density at radius 1 is 1.04 bits per heavy atom. The van der Waals surface area contributed by atoms with E-state index in [1.54, 1.807) is 0 Å². The van der Waals surface area contributed by atoms with E-state index >= 15 is 0 Å². The number of hydrogen-bond donors (Lipinski definition) is 1. The minimum Gasteiger partial charge on any atom is -0.392 e. The zero-order valence-electron chi connectivity index (χ0n) is 16.7. The highest BCUT2D eigenvalue weighted by Crippen LogP contribution is 2.38. The molecule has 0 bridgehead atoms. The van der Waals surface area contributed by atoms with Gasteiger partial charge in [-0.15, -0.1) is 0 Å². The summed E-state index contributed by atoms with van der Waals surface area (Å²) in [4.78, 5) is 17.2. The quantitative estimate of drug-likeness (QED) is 0.892. The van der Waals surface area contributed by atoms with Crippen LogP contribution in [0.15, 0.2) is 54.6 Å². The number of benzene rings is 2. The fourth-order valence-corrected chi connectivity index (χ4v) is 4.88. The van der Waals surface area contributed by atoms with E-state index in [1.807, 2.05) is 23.1 Å². The van der Waals surface area contributed by atoms with Crippen molar-refractivity contribution < 1.29 is 9.90 Å². The number of amides is 1. The number of aliphatic hydroxyl groups excluding tert-OH is 1. The molecule has 2 aliphatic heterocycles. The van der Waals surface area contributed by atoms with Crippen LogP contribution in [-0.2, 0) is 11.2 Å². The molecular weight excluding hydrogens is 348 g/mol. The largest absolute Gasteiger partial charge is 0.392 e. The van der Waals surface area contributed by atoms with E-state index in [0.717, 1.165) is 44.5 Å². The van der Waals surface area contributed by atoms with Gasteiger partial charge < -0.3 is 14.9 Å². The summed E-state index contributed by atoms with van der Waals surface area (Å²) in [6, 6.07) is 18.6. The maximum absolute atomic E-state index is 13.0. The van der Waals surface area contributed by atoms with E-state index in [2.05, 4.69) is 48.3 Å². The van der Waals surface area contributed by atoms with Crippen LogP contribution in [0.3, 0.4) is 0 Å². The van der Waals surface area contributed by atoms with Crippen molar-refractivity contribution >= 4 is 5.91 Å². The van der Waals surface area contributed by atoms with Crippen molar-refractivity contribution in [3.63, 3.8) is 0 Å². The lowest BCUT2D eigenvalue weighted by Gasteiger charge is -2.50. The molecule has 2 fully saturated rings. The van der Waals surface area contributed by atoms with Gasteiger partial charge in [-0.25, -0.2) is 0 Å². The summed E-state index contributed by atoms with van der Waals surface area (Å²) in [6.07, 6.45) is 2.92. The SMILES string of the molecule is CN1CC[C@H](O)[C@@]2(CCCN(C(=O)Cc3ccc(-c4ccccc4)cc3)C2)C1. The number of aliphatic hydroxyl groups is 1. The molecule has 28 heavy (non-hydrogen) atoms. The highest BCUT2D eigenvalue weighted by atomic mass is 16.3. The standard InChI is InChI=1S/C24H30N2O2/c1-25-15-12-22(27)24(17-25)13-5-14-26(18-24)23(28)16-19-8-10-21(11-9-19)20-6-3-2-4-7-20/h2-4,6-11,22,27H,5,12-18H2,1H3/t22-,24-/m0/s1. The van der Waals surface area contributed by atoms with Gasteiger partial charge >= 0.3 is 0 Å². The predicted octanol–water partition coefficient (Wildman–Crippen LogP) is 3.20. The third-order valence-electron chi connectivity index (χ3n) is 6.45. The van der Waals surface area contributed by atoms with Gasteiger partial charge in [0.25, 0.3) is 0 Å². The van der Waals surface area contributed by atoms with Crippen LogP contribution in [-0.4, -0.2) is 60.1 Å². The first kappa shape index (κ1) is 19.2. The van der Waals surface area contributed by atoms with Crippen LogP contribution in [0.4, 0.5) is 0 Å². The second-order valence-electron chi connectivity index (χ2n) is 8.56. The summed E-state index contributed by atoms with van der Waals surface area (Å²) in [7, 11) is 2.11. The molecule has 2 atom stereocenters. The van der Waals surface area contributed by atoms with Gasteiger partial charge in [-0.3, -0.25) is 4.79 Å². The minimum absolute atomic E-state index is 0.155. The Bertz CT molecular complexity index is 805. The van der Waals surface area contributed by atoms with Gasteiger partial charge in [0.15, 0.2) is 0 Å². The van der Waals surface area contributed by atoms with Crippen molar-refractivity contribution in [3.05, 3.63) is 60.2 Å². The summed E-state index contributed by atoms with van der Waals surface area (Å²) < 4.78 is 0. The molecule has 0 aromatic heterocycles.